The first-order valence-electron chi connectivity index (χ1n) is 6.81. The zero-order valence-corrected chi connectivity index (χ0v) is 11.8. The SMILES string of the molecule is CC1(C)CCCNC1CNc1ccc(F)cc1[N+](=O)[O-]. The Bertz CT molecular complexity index is 505. The molecule has 1 heterocycles. The lowest BCUT2D eigenvalue weighted by atomic mass is 9.77. The van der Waals surface area contributed by atoms with Crippen LogP contribution in [-0.4, -0.2) is 24.1 Å². The number of hydrogen-bond acceptors (Lipinski definition) is 4. The minimum Gasteiger partial charge on any atom is -0.378 e. The van der Waals surface area contributed by atoms with Crippen molar-refractivity contribution in [2.45, 2.75) is 32.7 Å². The Morgan fingerprint density at radius 1 is 1.55 bits per heavy atom. The average molecular weight is 281 g/mol. The van der Waals surface area contributed by atoms with Gasteiger partial charge in [-0.3, -0.25) is 10.1 Å². The molecule has 20 heavy (non-hydrogen) atoms. The van der Waals surface area contributed by atoms with Gasteiger partial charge in [-0.1, -0.05) is 13.8 Å². The van der Waals surface area contributed by atoms with E-state index in [1.54, 1.807) is 0 Å². The van der Waals surface area contributed by atoms with E-state index in [0.717, 1.165) is 25.5 Å². The number of nitro groups is 1. The third kappa shape index (κ3) is 3.25. The molecule has 1 aromatic rings. The smallest absolute Gasteiger partial charge is 0.295 e. The fourth-order valence-corrected chi connectivity index (χ4v) is 2.64. The third-order valence-electron chi connectivity index (χ3n) is 3.99. The lowest BCUT2D eigenvalue weighted by Gasteiger charge is -2.39. The van der Waals surface area contributed by atoms with Crippen LogP contribution < -0.4 is 10.6 Å². The van der Waals surface area contributed by atoms with Crippen molar-refractivity contribution in [1.29, 1.82) is 0 Å². The van der Waals surface area contributed by atoms with E-state index in [9.17, 15) is 14.5 Å². The molecule has 1 saturated heterocycles. The summed E-state index contributed by atoms with van der Waals surface area (Å²) in [5, 5.41) is 17.4. The van der Waals surface area contributed by atoms with Crippen LogP contribution in [0.25, 0.3) is 0 Å². The molecule has 0 radical (unpaired) electrons. The van der Waals surface area contributed by atoms with E-state index in [1.807, 2.05) is 0 Å². The molecule has 110 valence electrons. The lowest BCUT2D eigenvalue weighted by Crippen LogP contribution is -2.50. The molecule has 1 atom stereocenters. The normalized spacial score (nSPS) is 21.4. The summed E-state index contributed by atoms with van der Waals surface area (Å²) in [6, 6.07) is 3.83. The number of nitro benzene ring substituents is 1. The highest BCUT2D eigenvalue weighted by molar-refractivity contribution is 5.61. The van der Waals surface area contributed by atoms with E-state index in [0.29, 0.717) is 12.2 Å². The fourth-order valence-electron chi connectivity index (χ4n) is 2.64. The first kappa shape index (κ1) is 14.7. The van der Waals surface area contributed by atoms with Crippen LogP contribution >= 0.6 is 0 Å². The molecule has 1 unspecified atom stereocenters. The molecule has 2 N–H and O–H groups in total. The molecular formula is C14H20FN3O2. The van der Waals surface area contributed by atoms with Gasteiger partial charge >= 0.3 is 0 Å². The summed E-state index contributed by atoms with van der Waals surface area (Å²) < 4.78 is 13.1. The summed E-state index contributed by atoms with van der Waals surface area (Å²) in [4.78, 5) is 10.4. The minimum absolute atomic E-state index is 0.139. The average Bonchev–Trinajstić information content (AvgIpc) is 2.38. The second kappa shape index (κ2) is 5.75. The molecule has 0 spiro atoms. The monoisotopic (exact) mass is 281 g/mol. The van der Waals surface area contributed by atoms with E-state index in [4.69, 9.17) is 0 Å². The van der Waals surface area contributed by atoms with Gasteiger partial charge in [-0.05, 0) is 36.9 Å². The third-order valence-corrected chi connectivity index (χ3v) is 3.99. The minimum atomic E-state index is -0.599. The Morgan fingerprint density at radius 3 is 2.95 bits per heavy atom. The Hall–Kier alpha value is -1.69. The van der Waals surface area contributed by atoms with Crippen LogP contribution in [-0.2, 0) is 0 Å². The van der Waals surface area contributed by atoms with Crippen molar-refractivity contribution in [3.63, 3.8) is 0 Å². The highest BCUT2D eigenvalue weighted by Crippen LogP contribution is 2.31. The molecule has 0 amide bonds. The van der Waals surface area contributed by atoms with Gasteiger partial charge in [0.05, 0.1) is 11.0 Å². The molecule has 5 nitrogen and oxygen atoms in total. The van der Waals surface area contributed by atoms with Gasteiger partial charge in [0.15, 0.2) is 0 Å². The van der Waals surface area contributed by atoms with Crippen molar-refractivity contribution in [3.05, 3.63) is 34.1 Å². The van der Waals surface area contributed by atoms with E-state index < -0.39 is 10.7 Å². The summed E-state index contributed by atoms with van der Waals surface area (Å²) in [5.41, 5.74) is 0.276. The number of rotatable bonds is 4. The second-order valence-electron chi connectivity index (χ2n) is 5.90. The highest BCUT2D eigenvalue weighted by Gasteiger charge is 2.32. The molecule has 0 aliphatic carbocycles. The maximum absolute atomic E-state index is 13.1. The first-order valence-corrected chi connectivity index (χ1v) is 6.81. The maximum Gasteiger partial charge on any atom is 0.295 e. The molecule has 0 aromatic heterocycles. The van der Waals surface area contributed by atoms with E-state index >= 15 is 0 Å². The van der Waals surface area contributed by atoms with Crippen LogP contribution in [0.2, 0.25) is 0 Å². The molecule has 6 heteroatoms. The van der Waals surface area contributed by atoms with Gasteiger partial charge in [-0.2, -0.15) is 0 Å². The van der Waals surface area contributed by atoms with Crippen LogP contribution in [0.1, 0.15) is 26.7 Å². The lowest BCUT2D eigenvalue weighted by molar-refractivity contribution is -0.384. The largest absolute Gasteiger partial charge is 0.378 e. The van der Waals surface area contributed by atoms with E-state index in [1.165, 1.54) is 12.1 Å². The number of halogens is 1. The van der Waals surface area contributed by atoms with Gasteiger partial charge in [-0.15, -0.1) is 0 Å². The number of piperidine rings is 1. The van der Waals surface area contributed by atoms with Gasteiger partial charge < -0.3 is 10.6 Å². The predicted molar refractivity (Wildman–Crippen MR) is 76.3 cm³/mol. The number of nitrogens with one attached hydrogen (secondary N) is 2. The quantitative estimate of drug-likeness (QED) is 0.658. The van der Waals surface area contributed by atoms with Crippen LogP contribution in [0.3, 0.4) is 0 Å². The van der Waals surface area contributed by atoms with Gasteiger partial charge in [0.1, 0.15) is 11.5 Å². The van der Waals surface area contributed by atoms with Crippen molar-refractivity contribution in [2.24, 2.45) is 5.41 Å². The summed E-state index contributed by atoms with van der Waals surface area (Å²) in [6.07, 6.45) is 2.26. The van der Waals surface area contributed by atoms with E-state index in [2.05, 4.69) is 24.5 Å². The topological polar surface area (TPSA) is 67.2 Å². The van der Waals surface area contributed by atoms with Crippen molar-refractivity contribution < 1.29 is 9.31 Å². The molecule has 1 fully saturated rings. The maximum atomic E-state index is 13.1. The van der Waals surface area contributed by atoms with Crippen LogP contribution in [0.4, 0.5) is 15.8 Å². The molecule has 1 aliphatic heterocycles. The molecule has 0 saturated carbocycles. The summed E-state index contributed by atoms with van der Waals surface area (Å²) in [6.45, 7) is 5.91. The van der Waals surface area contributed by atoms with Crippen molar-refractivity contribution in [3.8, 4) is 0 Å². The predicted octanol–water partition coefficient (Wildman–Crippen LogP) is 2.92. The summed E-state index contributed by atoms with van der Waals surface area (Å²) >= 11 is 0. The van der Waals surface area contributed by atoms with Gasteiger partial charge in [-0.25, -0.2) is 4.39 Å². The molecule has 0 bridgehead atoms. The first-order chi connectivity index (χ1) is 9.40. The zero-order valence-electron chi connectivity index (χ0n) is 11.8. The Labute approximate surface area is 117 Å². The van der Waals surface area contributed by atoms with Crippen LogP contribution in [0.5, 0.6) is 0 Å². The summed E-state index contributed by atoms with van der Waals surface area (Å²) in [7, 11) is 0. The summed E-state index contributed by atoms with van der Waals surface area (Å²) in [5.74, 6) is -0.599. The molecule has 1 aromatic carbocycles. The van der Waals surface area contributed by atoms with Crippen molar-refractivity contribution in [2.75, 3.05) is 18.4 Å². The Kier molecular flexibility index (Phi) is 4.23. The fraction of sp³-hybridized carbons (Fsp3) is 0.571. The number of hydrogen-bond donors (Lipinski definition) is 2. The van der Waals surface area contributed by atoms with Crippen LogP contribution in [0.15, 0.2) is 18.2 Å². The zero-order chi connectivity index (χ0) is 14.8. The van der Waals surface area contributed by atoms with Gasteiger partial charge in [0.25, 0.3) is 5.69 Å². The van der Waals surface area contributed by atoms with E-state index in [-0.39, 0.29) is 17.1 Å². The molecule has 2 rings (SSSR count). The van der Waals surface area contributed by atoms with Crippen molar-refractivity contribution in [1.82, 2.24) is 5.32 Å². The molecular weight excluding hydrogens is 261 g/mol. The molecule has 1 aliphatic rings. The second-order valence-corrected chi connectivity index (χ2v) is 5.90. The van der Waals surface area contributed by atoms with Crippen molar-refractivity contribution >= 4 is 11.4 Å². The standard InChI is InChI=1S/C14H20FN3O2/c1-14(2)6-3-7-16-13(14)9-17-11-5-4-10(15)8-12(11)18(19)20/h4-5,8,13,16-17H,3,6-7,9H2,1-2H3. The van der Waals surface area contributed by atoms with Gasteiger partial charge in [0.2, 0.25) is 0 Å². The van der Waals surface area contributed by atoms with Crippen LogP contribution in [0, 0.1) is 21.3 Å². The van der Waals surface area contributed by atoms with Gasteiger partial charge in [0, 0.05) is 12.6 Å². The number of nitrogens with zero attached hydrogens (tertiary/aromatic N) is 1. The number of benzene rings is 1. The Balaban J connectivity index is 2.09. The Morgan fingerprint density at radius 2 is 2.30 bits per heavy atom. The number of anilines is 1. The highest BCUT2D eigenvalue weighted by atomic mass is 19.1.